The average molecular weight is 442 g/mol. The van der Waals surface area contributed by atoms with E-state index in [1.165, 1.54) is 17.4 Å². The molecule has 7 heteroatoms. The number of anilines is 1. The van der Waals surface area contributed by atoms with Crippen LogP contribution < -0.4 is 10.9 Å². The Bertz CT molecular complexity index is 1290. The summed E-state index contributed by atoms with van der Waals surface area (Å²) in [7, 11) is 0. The first-order valence-electron chi connectivity index (χ1n) is 8.34. The lowest BCUT2D eigenvalue weighted by Gasteiger charge is -2.07. The van der Waals surface area contributed by atoms with Crippen molar-refractivity contribution in [2.75, 3.05) is 5.32 Å². The average Bonchev–Trinajstić information content (AvgIpc) is 2.96. The summed E-state index contributed by atoms with van der Waals surface area (Å²) < 4.78 is 2.54. The molecule has 0 atom stereocenters. The second-order valence-corrected chi connectivity index (χ2v) is 8.39. The number of hydrogen-bond acceptors (Lipinski definition) is 4. The molecule has 2 heterocycles. The molecule has 4 rings (SSSR count). The fourth-order valence-electron chi connectivity index (χ4n) is 2.92. The topological polar surface area (TPSA) is 63.5 Å². The number of carbonyl (C=O) groups excluding carboxylic acids is 1. The number of rotatable bonds is 2. The Morgan fingerprint density at radius 1 is 1.07 bits per heavy atom. The molecule has 27 heavy (non-hydrogen) atoms. The van der Waals surface area contributed by atoms with Gasteiger partial charge < -0.3 is 5.32 Å². The van der Waals surface area contributed by atoms with Gasteiger partial charge in [0.05, 0.1) is 11.0 Å². The number of aromatic nitrogens is 2. The Hall–Kier alpha value is -2.51. The van der Waals surface area contributed by atoms with Crippen LogP contribution in [0.1, 0.15) is 26.4 Å². The Labute approximate surface area is 167 Å². The highest BCUT2D eigenvalue weighted by Crippen LogP contribution is 2.24. The molecule has 0 aliphatic heterocycles. The SMILES string of the molecule is Cc1cc2nc3sc(C(=O)Nc4ccc(Br)c(C)c4)cc(=O)n3c2cc1C. The summed E-state index contributed by atoms with van der Waals surface area (Å²) in [5, 5.41) is 2.84. The Morgan fingerprint density at radius 2 is 1.81 bits per heavy atom. The summed E-state index contributed by atoms with van der Waals surface area (Å²) in [6, 6.07) is 10.9. The van der Waals surface area contributed by atoms with E-state index in [1.807, 2.05) is 51.1 Å². The number of benzene rings is 2. The highest BCUT2D eigenvalue weighted by Gasteiger charge is 2.15. The molecule has 0 spiro atoms. The normalized spacial score (nSPS) is 11.3. The molecule has 1 amide bonds. The number of carbonyl (C=O) groups is 1. The van der Waals surface area contributed by atoms with Crippen LogP contribution >= 0.6 is 27.3 Å². The second-order valence-electron chi connectivity index (χ2n) is 6.52. The Morgan fingerprint density at radius 3 is 2.56 bits per heavy atom. The van der Waals surface area contributed by atoms with E-state index in [2.05, 4.69) is 26.2 Å². The molecular formula is C20H16BrN3O2S. The number of imidazole rings is 1. The van der Waals surface area contributed by atoms with Crippen molar-refractivity contribution in [3.8, 4) is 0 Å². The van der Waals surface area contributed by atoms with E-state index in [4.69, 9.17) is 0 Å². The zero-order chi connectivity index (χ0) is 19.3. The van der Waals surface area contributed by atoms with Gasteiger partial charge in [0.2, 0.25) is 0 Å². The smallest absolute Gasteiger partial charge is 0.266 e. The van der Waals surface area contributed by atoms with Gasteiger partial charge in [-0.3, -0.25) is 14.0 Å². The third kappa shape index (κ3) is 3.17. The van der Waals surface area contributed by atoms with Crippen molar-refractivity contribution in [3.05, 3.63) is 72.8 Å². The molecule has 0 unspecified atom stereocenters. The monoisotopic (exact) mass is 441 g/mol. The molecule has 0 radical (unpaired) electrons. The predicted molar refractivity (Wildman–Crippen MR) is 113 cm³/mol. The number of halogens is 1. The Balaban J connectivity index is 1.78. The van der Waals surface area contributed by atoms with E-state index < -0.39 is 0 Å². The molecular weight excluding hydrogens is 426 g/mol. The van der Waals surface area contributed by atoms with Crippen LogP contribution in [-0.2, 0) is 0 Å². The fraction of sp³-hybridized carbons (Fsp3) is 0.150. The number of aryl methyl sites for hydroxylation is 3. The quantitative estimate of drug-likeness (QED) is 0.483. The molecule has 136 valence electrons. The lowest BCUT2D eigenvalue weighted by molar-refractivity contribution is 0.103. The zero-order valence-corrected chi connectivity index (χ0v) is 17.4. The largest absolute Gasteiger partial charge is 0.321 e. The molecule has 5 nitrogen and oxygen atoms in total. The molecule has 2 aromatic heterocycles. The minimum atomic E-state index is -0.319. The third-order valence-electron chi connectivity index (χ3n) is 4.55. The van der Waals surface area contributed by atoms with E-state index in [-0.39, 0.29) is 11.5 Å². The summed E-state index contributed by atoms with van der Waals surface area (Å²) in [4.78, 5) is 30.7. The van der Waals surface area contributed by atoms with Crippen molar-refractivity contribution in [1.82, 2.24) is 9.38 Å². The van der Waals surface area contributed by atoms with Gasteiger partial charge in [-0.05, 0) is 67.8 Å². The summed E-state index contributed by atoms with van der Waals surface area (Å²) in [5.74, 6) is -0.319. The lowest BCUT2D eigenvalue weighted by Crippen LogP contribution is -2.17. The number of nitrogens with one attached hydrogen (secondary N) is 1. The van der Waals surface area contributed by atoms with E-state index >= 15 is 0 Å². The summed E-state index contributed by atoms with van der Waals surface area (Å²) in [6.45, 7) is 5.97. The van der Waals surface area contributed by atoms with Crippen molar-refractivity contribution in [2.45, 2.75) is 20.8 Å². The van der Waals surface area contributed by atoms with Crippen LogP contribution in [0.5, 0.6) is 0 Å². The van der Waals surface area contributed by atoms with Crippen LogP contribution in [0.2, 0.25) is 0 Å². The summed E-state index contributed by atoms with van der Waals surface area (Å²) in [5.41, 5.74) is 5.18. The Kier molecular flexibility index (Phi) is 4.36. The highest BCUT2D eigenvalue weighted by atomic mass is 79.9. The fourth-order valence-corrected chi connectivity index (χ4v) is 4.09. The first-order valence-corrected chi connectivity index (χ1v) is 9.95. The van der Waals surface area contributed by atoms with E-state index in [1.54, 1.807) is 4.40 Å². The zero-order valence-electron chi connectivity index (χ0n) is 15.0. The minimum absolute atomic E-state index is 0.258. The maximum atomic E-state index is 12.7. The van der Waals surface area contributed by atoms with Gasteiger partial charge in [-0.2, -0.15) is 0 Å². The molecule has 4 aromatic rings. The molecule has 0 aliphatic carbocycles. The van der Waals surface area contributed by atoms with Gasteiger partial charge in [0.1, 0.15) is 4.88 Å². The van der Waals surface area contributed by atoms with E-state index in [0.29, 0.717) is 15.5 Å². The van der Waals surface area contributed by atoms with Crippen LogP contribution in [0, 0.1) is 20.8 Å². The van der Waals surface area contributed by atoms with Gasteiger partial charge in [0.25, 0.3) is 11.5 Å². The molecule has 0 saturated carbocycles. The molecule has 0 fully saturated rings. The minimum Gasteiger partial charge on any atom is -0.321 e. The summed E-state index contributed by atoms with van der Waals surface area (Å²) >= 11 is 4.64. The van der Waals surface area contributed by atoms with Gasteiger partial charge in [-0.25, -0.2) is 4.98 Å². The van der Waals surface area contributed by atoms with E-state index in [0.717, 1.165) is 32.2 Å². The standard InChI is InChI=1S/C20H16BrN3O2S/c1-10-7-15-16(8-11(10)2)24-18(25)9-17(27-20(24)23-15)19(26)22-13-4-5-14(21)12(3)6-13/h4-9H,1-3H3,(H,22,26). The van der Waals surface area contributed by atoms with Crippen molar-refractivity contribution >= 4 is 54.9 Å². The number of hydrogen-bond donors (Lipinski definition) is 1. The molecule has 0 aliphatic rings. The van der Waals surface area contributed by atoms with E-state index in [9.17, 15) is 9.59 Å². The lowest BCUT2D eigenvalue weighted by atomic mass is 10.1. The van der Waals surface area contributed by atoms with Crippen molar-refractivity contribution < 1.29 is 4.79 Å². The first kappa shape index (κ1) is 17.9. The number of fused-ring (bicyclic) bond motifs is 3. The predicted octanol–water partition coefficient (Wildman–Crippen LogP) is 4.85. The highest BCUT2D eigenvalue weighted by molar-refractivity contribution is 9.10. The molecule has 0 saturated heterocycles. The second kappa shape index (κ2) is 6.58. The van der Waals surface area contributed by atoms with Crippen molar-refractivity contribution in [3.63, 3.8) is 0 Å². The van der Waals surface area contributed by atoms with Crippen LogP contribution in [-0.4, -0.2) is 15.3 Å². The van der Waals surface area contributed by atoms with Gasteiger partial charge in [0.15, 0.2) is 4.96 Å². The van der Waals surface area contributed by atoms with Crippen LogP contribution in [0.3, 0.4) is 0 Å². The maximum Gasteiger partial charge on any atom is 0.266 e. The van der Waals surface area contributed by atoms with Gasteiger partial charge >= 0.3 is 0 Å². The van der Waals surface area contributed by atoms with Crippen LogP contribution in [0.15, 0.2) is 45.7 Å². The van der Waals surface area contributed by atoms with Crippen LogP contribution in [0.4, 0.5) is 5.69 Å². The van der Waals surface area contributed by atoms with Crippen molar-refractivity contribution in [2.24, 2.45) is 0 Å². The number of nitrogens with zero attached hydrogens (tertiary/aromatic N) is 2. The van der Waals surface area contributed by atoms with Crippen molar-refractivity contribution in [1.29, 1.82) is 0 Å². The number of amides is 1. The third-order valence-corrected chi connectivity index (χ3v) is 6.42. The van der Waals surface area contributed by atoms with Gasteiger partial charge in [-0.15, -0.1) is 0 Å². The molecule has 1 N–H and O–H groups in total. The molecule has 2 aromatic carbocycles. The maximum absolute atomic E-state index is 12.7. The van der Waals surface area contributed by atoms with Crippen LogP contribution in [0.25, 0.3) is 16.0 Å². The van der Waals surface area contributed by atoms with Gasteiger partial charge in [-0.1, -0.05) is 27.3 Å². The van der Waals surface area contributed by atoms with Gasteiger partial charge in [0, 0.05) is 16.2 Å². The molecule has 0 bridgehead atoms. The summed E-state index contributed by atoms with van der Waals surface area (Å²) in [6.07, 6.45) is 0. The first-order chi connectivity index (χ1) is 12.8.